The van der Waals surface area contributed by atoms with Gasteiger partial charge in [-0.15, -0.1) is 0 Å². The van der Waals surface area contributed by atoms with Crippen molar-refractivity contribution in [2.45, 2.75) is 58.4 Å². The van der Waals surface area contributed by atoms with Crippen molar-refractivity contribution >= 4 is 11.9 Å². The minimum Gasteiger partial charge on any atom is -0.469 e. The van der Waals surface area contributed by atoms with Crippen LogP contribution in [0.2, 0.25) is 0 Å². The van der Waals surface area contributed by atoms with Gasteiger partial charge in [0.2, 0.25) is 5.91 Å². The van der Waals surface area contributed by atoms with Gasteiger partial charge in [-0.05, 0) is 67.8 Å². The summed E-state index contributed by atoms with van der Waals surface area (Å²) in [6.07, 6.45) is 10.5. The zero-order valence-electron chi connectivity index (χ0n) is 15.0. The number of hydrogen-bond acceptors (Lipinski definition) is 3. The standard InChI is InChI=1S/C20H29NO3/c1-19-10-8-14-12(13(19)5-6-15(19)18(23)24-3)4-7-16-20(14,2)11-9-17(22)21-16/h9,11-16H,4-8,10H2,1-3H3,(H,21,22)/t12?,13?,14?,15?,16-,19?,20?/m1/s1. The molecule has 4 heteroatoms. The van der Waals surface area contributed by atoms with Gasteiger partial charge in [0.1, 0.15) is 0 Å². The molecule has 1 aliphatic heterocycles. The number of methoxy groups -OCH3 is 1. The van der Waals surface area contributed by atoms with E-state index in [0.717, 1.165) is 32.1 Å². The summed E-state index contributed by atoms with van der Waals surface area (Å²) in [6, 6.07) is 0.276. The van der Waals surface area contributed by atoms with Gasteiger partial charge in [-0.25, -0.2) is 0 Å². The molecule has 3 fully saturated rings. The van der Waals surface area contributed by atoms with E-state index < -0.39 is 0 Å². The Kier molecular flexibility index (Phi) is 3.59. The Morgan fingerprint density at radius 1 is 1.17 bits per heavy atom. The van der Waals surface area contributed by atoms with Gasteiger partial charge in [0.15, 0.2) is 0 Å². The molecule has 3 saturated carbocycles. The highest BCUT2D eigenvalue weighted by Crippen LogP contribution is 2.65. The Labute approximate surface area is 144 Å². The van der Waals surface area contributed by atoms with E-state index in [2.05, 4.69) is 25.2 Å². The molecule has 0 saturated heterocycles. The Hall–Kier alpha value is -1.32. The normalized spacial score (nSPS) is 49.6. The van der Waals surface area contributed by atoms with E-state index in [-0.39, 0.29) is 34.7 Å². The number of carbonyl (C=O) groups excluding carboxylic acids is 2. The molecule has 3 aliphatic carbocycles. The van der Waals surface area contributed by atoms with Crippen LogP contribution in [0.25, 0.3) is 0 Å². The van der Waals surface area contributed by atoms with Crippen LogP contribution in [0.4, 0.5) is 0 Å². The van der Waals surface area contributed by atoms with Crippen LogP contribution in [0.1, 0.15) is 52.4 Å². The smallest absolute Gasteiger partial charge is 0.309 e. The SMILES string of the molecule is COC(=O)C1CCC2C3CC[C@H]4NC(=O)C=CC4(C)C3CCC12C. The van der Waals surface area contributed by atoms with Crippen molar-refractivity contribution in [2.75, 3.05) is 7.11 Å². The van der Waals surface area contributed by atoms with E-state index >= 15 is 0 Å². The monoisotopic (exact) mass is 331 g/mol. The van der Waals surface area contributed by atoms with Crippen molar-refractivity contribution < 1.29 is 14.3 Å². The summed E-state index contributed by atoms with van der Waals surface area (Å²) in [4.78, 5) is 24.0. The van der Waals surface area contributed by atoms with E-state index in [4.69, 9.17) is 4.74 Å². The van der Waals surface area contributed by atoms with Crippen LogP contribution >= 0.6 is 0 Å². The molecule has 24 heavy (non-hydrogen) atoms. The summed E-state index contributed by atoms with van der Waals surface area (Å²) in [6.45, 7) is 4.66. The maximum Gasteiger partial charge on any atom is 0.309 e. The fraction of sp³-hybridized carbons (Fsp3) is 0.800. The van der Waals surface area contributed by atoms with E-state index in [1.807, 2.05) is 0 Å². The molecule has 6 unspecified atom stereocenters. The summed E-state index contributed by atoms with van der Waals surface area (Å²) >= 11 is 0. The van der Waals surface area contributed by atoms with Crippen molar-refractivity contribution in [3.05, 3.63) is 12.2 Å². The minimum atomic E-state index is -0.0110. The van der Waals surface area contributed by atoms with Crippen LogP contribution in [-0.2, 0) is 14.3 Å². The number of nitrogens with one attached hydrogen (secondary N) is 1. The molecule has 1 N–H and O–H groups in total. The second kappa shape index (κ2) is 5.34. The molecule has 7 atom stereocenters. The lowest BCUT2D eigenvalue weighted by Crippen LogP contribution is -2.59. The molecule has 0 spiro atoms. The number of rotatable bonds is 1. The Morgan fingerprint density at radius 3 is 2.71 bits per heavy atom. The maximum atomic E-state index is 12.3. The van der Waals surface area contributed by atoms with Gasteiger partial charge in [0.25, 0.3) is 0 Å². The lowest BCUT2D eigenvalue weighted by molar-refractivity contribution is -0.153. The molecule has 0 aromatic carbocycles. The summed E-state index contributed by atoms with van der Waals surface area (Å²) in [5, 5.41) is 3.20. The molecule has 0 bridgehead atoms. The van der Waals surface area contributed by atoms with Crippen molar-refractivity contribution in [1.82, 2.24) is 5.32 Å². The molecule has 4 aliphatic rings. The zero-order valence-corrected chi connectivity index (χ0v) is 15.0. The minimum absolute atomic E-state index is 0.0110. The molecule has 132 valence electrons. The molecule has 4 nitrogen and oxygen atoms in total. The van der Waals surface area contributed by atoms with Gasteiger partial charge in [0.05, 0.1) is 13.0 Å². The van der Waals surface area contributed by atoms with Crippen LogP contribution in [-0.4, -0.2) is 25.0 Å². The number of fused-ring (bicyclic) bond motifs is 5. The Bertz CT molecular complexity index is 600. The molecule has 0 aromatic heterocycles. The van der Waals surface area contributed by atoms with Crippen LogP contribution < -0.4 is 5.32 Å². The van der Waals surface area contributed by atoms with Crippen LogP contribution in [0.3, 0.4) is 0 Å². The van der Waals surface area contributed by atoms with E-state index in [9.17, 15) is 9.59 Å². The lowest BCUT2D eigenvalue weighted by atomic mass is 9.48. The number of esters is 1. The van der Waals surface area contributed by atoms with E-state index in [1.165, 1.54) is 13.5 Å². The summed E-state index contributed by atoms with van der Waals surface area (Å²) < 4.78 is 5.10. The molecular formula is C20H29NO3. The van der Waals surface area contributed by atoms with Crippen molar-refractivity contribution in [3.63, 3.8) is 0 Å². The maximum absolute atomic E-state index is 12.3. The van der Waals surface area contributed by atoms with Gasteiger partial charge >= 0.3 is 5.97 Å². The highest BCUT2D eigenvalue weighted by Gasteiger charge is 2.61. The first kappa shape index (κ1) is 16.2. The fourth-order valence-corrected chi connectivity index (χ4v) is 6.86. The first-order valence-electron chi connectivity index (χ1n) is 9.47. The number of amides is 1. The molecule has 1 heterocycles. The zero-order chi connectivity index (χ0) is 17.1. The highest BCUT2D eigenvalue weighted by atomic mass is 16.5. The third-order valence-electron chi connectivity index (χ3n) is 8.17. The topological polar surface area (TPSA) is 55.4 Å². The van der Waals surface area contributed by atoms with E-state index in [1.54, 1.807) is 6.08 Å². The number of ether oxygens (including phenoxy) is 1. The summed E-state index contributed by atoms with van der Waals surface area (Å²) in [7, 11) is 1.52. The van der Waals surface area contributed by atoms with Crippen LogP contribution in [0.5, 0.6) is 0 Å². The second-order valence-corrected chi connectivity index (χ2v) is 8.91. The second-order valence-electron chi connectivity index (χ2n) is 8.91. The predicted octanol–water partition coefficient (Wildman–Crippen LogP) is 3.07. The number of hydrogen-bond donors (Lipinski definition) is 1. The molecular weight excluding hydrogens is 302 g/mol. The van der Waals surface area contributed by atoms with Gasteiger partial charge in [-0.3, -0.25) is 9.59 Å². The lowest BCUT2D eigenvalue weighted by Gasteiger charge is -2.58. The largest absolute Gasteiger partial charge is 0.469 e. The summed E-state index contributed by atoms with van der Waals surface area (Å²) in [5.74, 6) is 2.01. The van der Waals surface area contributed by atoms with Gasteiger partial charge < -0.3 is 10.1 Å². The van der Waals surface area contributed by atoms with Gasteiger partial charge in [0, 0.05) is 11.5 Å². The molecule has 4 rings (SSSR count). The molecule has 0 radical (unpaired) electrons. The summed E-state index contributed by atoms with van der Waals surface area (Å²) in [5.41, 5.74) is 0.167. The average Bonchev–Trinajstić information content (AvgIpc) is 2.92. The first-order chi connectivity index (χ1) is 11.4. The van der Waals surface area contributed by atoms with Crippen molar-refractivity contribution in [3.8, 4) is 0 Å². The van der Waals surface area contributed by atoms with Crippen LogP contribution in [0, 0.1) is 34.5 Å². The van der Waals surface area contributed by atoms with Gasteiger partial charge in [-0.1, -0.05) is 19.9 Å². The Morgan fingerprint density at radius 2 is 1.96 bits per heavy atom. The Balaban J connectivity index is 1.64. The molecule has 0 aromatic rings. The highest BCUT2D eigenvalue weighted by molar-refractivity contribution is 5.89. The first-order valence-corrected chi connectivity index (χ1v) is 9.47. The average molecular weight is 331 g/mol. The third kappa shape index (κ3) is 2.04. The van der Waals surface area contributed by atoms with Crippen LogP contribution in [0.15, 0.2) is 12.2 Å². The predicted molar refractivity (Wildman–Crippen MR) is 91.0 cm³/mol. The third-order valence-corrected chi connectivity index (χ3v) is 8.17. The number of carbonyl (C=O) groups is 2. The van der Waals surface area contributed by atoms with Gasteiger partial charge in [-0.2, -0.15) is 0 Å². The quantitative estimate of drug-likeness (QED) is 0.751. The fourth-order valence-electron chi connectivity index (χ4n) is 6.86. The van der Waals surface area contributed by atoms with E-state index in [0.29, 0.717) is 17.8 Å². The van der Waals surface area contributed by atoms with Crippen molar-refractivity contribution in [1.29, 1.82) is 0 Å². The molecule has 1 amide bonds. The van der Waals surface area contributed by atoms with Crippen molar-refractivity contribution in [2.24, 2.45) is 34.5 Å².